The van der Waals surface area contributed by atoms with Gasteiger partial charge in [-0.1, -0.05) is 23.2 Å². The average Bonchev–Trinajstić information content (AvgIpc) is 2.89. The maximum absolute atomic E-state index is 11.9. The Morgan fingerprint density at radius 1 is 1.26 bits per heavy atom. The molecule has 1 aromatic carbocycles. The van der Waals surface area contributed by atoms with Crippen LogP contribution in [0.1, 0.15) is 20.8 Å². The van der Waals surface area contributed by atoms with E-state index in [9.17, 15) is 19.7 Å². The molecule has 0 N–H and O–H groups in total. The fourth-order valence-electron chi connectivity index (χ4n) is 1.81. The van der Waals surface area contributed by atoms with Gasteiger partial charge in [0.05, 0.1) is 21.2 Å². The van der Waals surface area contributed by atoms with Crippen molar-refractivity contribution in [2.45, 2.75) is 0 Å². The van der Waals surface area contributed by atoms with Gasteiger partial charge in [-0.05, 0) is 18.2 Å². The monoisotopic (exact) mass is 356 g/mol. The Kier molecular flexibility index (Phi) is 5.02. The van der Waals surface area contributed by atoms with Gasteiger partial charge in [0.15, 0.2) is 12.4 Å². The number of ether oxygens (including phenoxy) is 1. The number of ketones is 1. The second kappa shape index (κ2) is 6.80. The van der Waals surface area contributed by atoms with E-state index in [4.69, 9.17) is 27.9 Å². The lowest BCUT2D eigenvalue weighted by molar-refractivity contribution is -0.384. The molecule has 1 aromatic heterocycles. The minimum Gasteiger partial charge on any atom is -0.453 e. The quantitative estimate of drug-likeness (QED) is 0.354. The lowest BCUT2D eigenvalue weighted by Crippen LogP contribution is -2.16. The topological polar surface area (TPSA) is 91.4 Å². The van der Waals surface area contributed by atoms with Gasteiger partial charge < -0.3 is 9.30 Å². The molecule has 0 saturated heterocycles. The van der Waals surface area contributed by atoms with E-state index in [0.717, 1.165) is 6.07 Å². The normalized spacial score (nSPS) is 10.4. The maximum atomic E-state index is 11.9. The van der Waals surface area contributed by atoms with Crippen LogP contribution in [0, 0.1) is 10.1 Å². The number of hydrogen-bond acceptors (Lipinski definition) is 5. The molecule has 0 aliphatic rings. The number of hydrogen-bond donors (Lipinski definition) is 0. The molecule has 0 aliphatic carbocycles. The number of aromatic nitrogens is 1. The molecule has 0 fully saturated rings. The molecule has 23 heavy (non-hydrogen) atoms. The largest absolute Gasteiger partial charge is 0.453 e. The van der Waals surface area contributed by atoms with Crippen LogP contribution in [0.3, 0.4) is 0 Å². The third-order valence-electron chi connectivity index (χ3n) is 2.99. The zero-order valence-corrected chi connectivity index (χ0v) is 13.3. The average molecular weight is 357 g/mol. The molecule has 0 spiro atoms. The van der Waals surface area contributed by atoms with Crippen molar-refractivity contribution in [1.82, 2.24) is 4.57 Å². The summed E-state index contributed by atoms with van der Waals surface area (Å²) in [6.45, 7) is -0.518. The number of rotatable bonds is 5. The van der Waals surface area contributed by atoms with Gasteiger partial charge in [0.1, 0.15) is 5.69 Å². The summed E-state index contributed by atoms with van der Waals surface area (Å²) < 4.78 is 6.13. The Hall–Kier alpha value is -2.38. The molecule has 120 valence electrons. The van der Waals surface area contributed by atoms with Gasteiger partial charge in [0, 0.05) is 18.7 Å². The van der Waals surface area contributed by atoms with Crippen molar-refractivity contribution in [3.63, 3.8) is 0 Å². The molecule has 0 radical (unpaired) electrons. The minimum atomic E-state index is -0.839. The van der Waals surface area contributed by atoms with E-state index in [1.54, 1.807) is 0 Å². The molecule has 1 heterocycles. The van der Waals surface area contributed by atoms with Crippen LogP contribution in [0.5, 0.6) is 0 Å². The molecule has 9 heteroatoms. The van der Waals surface area contributed by atoms with Crippen LogP contribution >= 0.6 is 23.2 Å². The van der Waals surface area contributed by atoms with Gasteiger partial charge in [0.25, 0.3) is 5.69 Å². The zero-order chi connectivity index (χ0) is 17.1. The van der Waals surface area contributed by atoms with Crippen molar-refractivity contribution in [2.24, 2.45) is 7.05 Å². The summed E-state index contributed by atoms with van der Waals surface area (Å²) in [4.78, 5) is 33.9. The molecular formula is C14H10Cl2N2O5. The van der Waals surface area contributed by atoms with Gasteiger partial charge in [-0.2, -0.15) is 0 Å². The molecule has 2 aromatic rings. The van der Waals surface area contributed by atoms with Gasteiger partial charge in [-0.3, -0.25) is 14.9 Å². The van der Waals surface area contributed by atoms with E-state index in [2.05, 4.69) is 0 Å². The van der Waals surface area contributed by atoms with E-state index >= 15 is 0 Å². The van der Waals surface area contributed by atoms with Crippen LogP contribution in [-0.4, -0.2) is 27.8 Å². The molecule has 0 amide bonds. The zero-order valence-electron chi connectivity index (χ0n) is 11.8. The van der Waals surface area contributed by atoms with Crippen LogP contribution in [0.4, 0.5) is 5.69 Å². The van der Waals surface area contributed by atoms with Gasteiger partial charge in [-0.25, -0.2) is 4.79 Å². The van der Waals surface area contributed by atoms with Crippen molar-refractivity contribution in [3.05, 3.63) is 61.9 Å². The summed E-state index contributed by atoms with van der Waals surface area (Å²) in [7, 11) is 1.46. The van der Waals surface area contributed by atoms with Crippen LogP contribution in [0.15, 0.2) is 30.5 Å². The highest BCUT2D eigenvalue weighted by atomic mass is 35.5. The van der Waals surface area contributed by atoms with Crippen LogP contribution in [0.25, 0.3) is 0 Å². The summed E-state index contributed by atoms with van der Waals surface area (Å²) in [5.74, 6) is -1.31. The van der Waals surface area contributed by atoms with Gasteiger partial charge >= 0.3 is 5.97 Å². The van der Waals surface area contributed by atoms with Crippen molar-refractivity contribution in [2.75, 3.05) is 6.61 Å². The van der Waals surface area contributed by atoms with E-state index in [1.807, 2.05) is 0 Å². The third kappa shape index (κ3) is 3.88. The number of nitro groups is 1. The Balaban J connectivity index is 2.05. The summed E-state index contributed by atoms with van der Waals surface area (Å²) in [6, 6.07) is 5.36. The molecule has 0 atom stereocenters. The van der Waals surface area contributed by atoms with Crippen molar-refractivity contribution in [3.8, 4) is 0 Å². The second-order valence-electron chi connectivity index (χ2n) is 4.58. The van der Waals surface area contributed by atoms with Crippen molar-refractivity contribution >= 4 is 40.6 Å². The number of aryl methyl sites for hydroxylation is 1. The van der Waals surface area contributed by atoms with Gasteiger partial charge in [0.2, 0.25) is 0 Å². The lowest BCUT2D eigenvalue weighted by atomic mass is 10.1. The number of benzene rings is 1. The van der Waals surface area contributed by atoms with Crippen molar-refractivity contribution in [1.29, 1.82) is 0 Å². The fourth-order valence-corrected chi connectivity index (χ4v) is 2.11. The first-order valence-electron chi connectivity index (χ1n) is 6.25. The van der Waals surface area contributed by atoms with E-state index < -0.39 is 23.3 Å². The fraction of sp³-hybridized carbons (Fsp3) is 0.143. The molecule has 0 aliphatic heterocycles. The Morgan fingerprint density at radius 3 is 2.52 bits per heavy atom. The van der Waals surface area contributed by atoms with E-state index in [0.29, 0.717) is 5.02 Å². The van der Waals surface area contributed by atoms with E-state index in [1.165, 1.54) is 36.0 Å². The standard InChI is InChI=1S/C14H10Cl2N2O5/c1-17-6-9(18(21)22)5-12(17)14(20)23-7-13(19)8-2-3-10(15)11(16)4-8/h2-6H,7H2,1H3. The number of carbonyl (C=O) groups is 2. The molecule has 0 saturated carbocycles. The summed E-state index contributed by atoms with van der Waals surface area (Å²) >= 11 is 11.6. The molecule has 7 nitrogen and oxygen atoms in total. The first kappa shape index (κ1) is 17.0. The predicted molar refractivity (Wildman–Crippen MR) is 83.1 cm³/mol. The number of nitrogens with zero attached hydrogens (tertiary/aromatic N) is 2. The summed E-state index contributed by atoms with van der Waals surface area (Å²) in [6.07, 6.45) is 1.18. The number of halogens is 2. The van der Waals surface area contributed by atoms with Gasteiger partial charge in [-0.15, -0.1) is 0 Å². The highest BCUT2D eigenvalue weighted by Gasteiger charge is 2.20. The Morgan fingerprint density at radius 2 is 1.96 bits per heavy atom. The lowest BCUT2D eigenvalue weighted by Gasteiger charge is -2.05. The first-order chi connectivity index (χ1) is 10.8. The van der Waals surface area contributed by atoms with E-state index in [-0.39, 0.29) is 22.0 Å². The Labute approximate surface area is 140 Å². The highest BCUT2D eigenvalue weighted by molar-refractivity contribution is 6.42. The molecular weight excluding hydrogens is 347 g/mol. The van der Waals surface area contributed by atoms with Crippen LogP contribution in [-0.2, 0) is 11.8 Å². The second-order valence-corrected chi connectivity index (χ2v) is 5.39. The summed E-state index contributed by atoms with van der Waals surface area (Å²) in [5, 5.41) is 11.2. The predicted octanol–water partition coefficient (Wildman–Crippen LogP) is 3.28. The van der Waals surface area contributed by atoms with Crippen LogP contribution < -0.4 is 0 Å². The highest BCUT2D eigenvalue weighted by Crippen LogP contribution is 2.23. The molecule has 0 unspecified atom stereocenters. The number of Topliss-reactive ketones (excluding diaryl/α,β-unsaturated/α-hetero) is 1. The molecule has 2 rings (SSSR count). The summed E-state index contributed by atoms with van der Waals surface area (Å²) in [5.41, 5.74) is -0.0287. The SMILES string of the molecule is Cn1cc([N+](=O)[O-])cc1C(=O)OCC(=O)c1ccc(Cl)c(Cl)c1. The first-order valence-corrected chi connectivity index (χ1v) is 7.01. The smallest absolute Gasteiger partial charge is 0.355 e. The molecule has 0 bridgehead atoms. The third-order valence-corrected chi connectivity index (χ3v) is 3.73. The number of carbonyl (C=O) groups excluding carboxylic acids is 2. The number of esters is 1. The van der Waals surface area contributed by atoms with Crippen molar-refractivity contribution < 1.29 is 19.2 Å². The maximum Gasteiger partial charge on any atom is 0.355 e. The Bertz CT molecular complexity index is 800. The minimum absolute atomic E-state index is 0.0290. The van der Waals surface area contributed by atoms with Crippen LogP contribution in [0.2, 0.25) is 10.0 Å².